The fourth-order valence-electron chi connectivity index (χ4n) is 1.56. The van der Waals surface area contributed by atoms with Crippen molar-refractivity contribution in [2.45, 2.75) is 13.0 Å². The van der Waals surface area contributed by atoms with Crippen LogP contribution in [0.2, 0.25) is 4.34 Å². The van der Waals surface area contributed by atoms with Gasteiger partial charge in [0.2, 0.25) is 0 Å². The maximum absolute atomic E-state index is 5.90. The van der Waals surface area contributed by atoms with Gasteiger partial charge in [0.05, 0.1) is 10.9 Å². The summed E-state index contributed by atoms with van der Waals surface area (Å²) < 4.78 is 5.84. The third-order valence-electron chi connectivity index (χ3n) is 2.43. The number of ether oxygens (including phenoxy) is 1. The van der Waals surface area contributed by atoms with Crippen molar-refractivity contribution >= 4 is 22.9 Å². The van der Waals surface area contributed by atoms with Gasteiger partial charge in [-0.2, -0.15) is 0 Å². The van der Waals surface area contributed by atoms with E-state index >= 15 is 0 Å². The summed E-state index contributed by atoms with van der Waals surface area (Å²) >= 11 is 7.56. The van der Waals surface area contributed by atoms with Crippen molar-refractivity contribution in [3.05, 3.63) is 21.3 Å². The number of hydrogen-bond acceptors (Lipinski definition) is 4. The first-order valence-electron chi connectivity index (χ1n) is 5.85. The molecule has 0 radical (unpaired) electrons. The molecule has 0 aromatic carbocycles. The molecular formula is C12H21ClN2OS. The van der Waals surface area contributed by atoms with Crippen LogP contribution < -0.4 is 5.32 Å². The average Bonchev–Trinajstić information content (AvgIpc) is 2.69. The second-order valence-electron chi connectivity index (χ2n) is 4.04. The Kier molecular flexibility index (Phi) is 7.81. The third-order valence-corrected chi connectivity index (χ3v) is 3.65. The summed E-state index contributed by atoms with van der Waals surface area (Å²) in [5, 5.41) is 3.34. The molecular weight excluding hydrogens is 256 g/mol. The molecule has 0 aliphatic heterocycles. The first kappa shape index (κ1) is 14.9. The van der Waals surface area contributed by atoms with Crippen LogP contribution in [0.15, 0.2) is 12.1 Å². The van der Waals surface area contributed by atoms with E-state index < -0.39 is 0 Å². The zero-order valence-corrected chi connectivity index (χ0v) is 12.1. The van der Waals surface area contributed by atoms with Gasteiger partial charge < -0.3 is 15.0 Å². The second kappa shape index (κ2) is 8.89. The van der Waals surface area contributed by atoms with Crippen molar-refractivity contribution in [2.24, 2.45) is 0 Å². The predicted molar refractivity (Wildman–Crippen MR) is 75.0 cm³/mol. The fraction of sp³-hybridized carbons (Fsp3) is 0.667. The molecule has 0 aliphatic rings. The van der Waals surface area contributed by atoms with Crippen LogP contribution in [0.5, 0.6) is 0 Å². The first-order chi connectivity index (χ1) is 8.22. The van der Waals surface area contributed by atoms with Crippen LogP contribution in [0.1, 0.15) is 11.3 Å². The van der Waals surface area contributed by atoms with Gasteiger partial charge in [-0.05, 0) is 38.7 Å². The van der Waals surface area contributed by atoms with Crippen LogP contribution in [0.4, 0.5) is 0 Å². The summed E-state index contributed by atoms with van der Waals surface area (Å²) in [6, 6.07) is 4.06. The summed E-state index contributed by atoms with van der Waals surface area (Å²) in [4.78, 5) is 3.64. The average molecular weight is 277 g/mol. The van der Waals surface area contributed by atoms with Gasteiger partial charge in [-0.1, -0.05) is 11.6 Å². The predicted octanol–water partition coefficient (Wildman–Crippen LogP) is 2.46. The summed E-state index contributed by atoms with van der Waals surface area (Å²) in [6.07, 6.45) is 1.15. The number of rotatable bonds is 9. The maximum Gasteiger partial charge on any atom is 0.0931 e. The summed E-state index contributed by atoms with van der Waals surface area (Å²) in [5.41, 5.74) is 0. The Balaban J connectivity index is 2.03. The Labute approximate surface area is 113 Å². The Morgan fingerprint density at radius 1 is 1.41 bits per heavy atom. The van der Waals surface area contributed by atoms with E-state index in [-0.39, 0.29) is 0 Å². The Morgan fingerprint density at radius 3 is 2.88 bits per heavy atom. The second-order valence-corrected chi connectivity index (χ2v) is 5.84. The minimum atomic E-state index is 0.781. The lowest BCUT2D eigenvalue weighted by Crippen LogP contribution is -2.25. The largest absolute Gasteiger partial charge is 0.383 e. The molecule has 0 atom stereocenters. The SMILES string of the molecule is COCCNCCCN(C)Cc1ccc(Cl)s1. The molecule has 0 fully saturated rings. The quantitative estimate of drug-likeness (QED) is 0.701. The van der Waals surface area contributed by atoms with E-state index in [1.54, 1.807) is 18.4 Å². The number of nitrogens with zero attached hydrogens (tertiary/aromatic N) is 1. The summed E-state index contributed by atoms with van der Waals surface area (Å²) in [6.45, 7) is 4.83. The maximum atomic E-state index is 5.90. The number of nitrogens with one attached hydrogen (secondary N) is 1. The molecule has 1 heterocycles. The topological polar surface area (TPSA) is 24.5 Å². The van der Waals surface area contributed by atoms with E-state index in [2.05, 4.69) is 23.3 Å². The highest BCUT2D eigenvalue weighted by molar-refractivity contribution is 7.16. The Hall–Kier alpha value is -0.130. The van der Waals surface area contributed by atoms with E-state index in [1.807, 2.05) is 6.07 Å². The van der Waals surface area contributed by atoms with Gasteiger partial charge >= 0.3 is 0 Å². The molecule has 0 unspecified atom stereocenters. The smallest absolute Gasteiger partial charge is 0.0931 e. The highest BCUT2D eigenvalue weighted by Crippen LogP contribution is 2.22. The molecule has 1 rings (SSSR count). The Morgan fingerprint density at radius 2 is 2.24 bits per heavy atom. The van der Waals surface area contributed by atoms with Crippen LogP contribution >= 0.6 is 22.9 Å². The van der Waals surface area contributed by atoms with Gasteiger partial charge in [-0.15, -0.1) is 11.3 Å². The van der Waals surface area contributed by atoms with Crippen molar-refractivity contribution in [2.75, 3.05) is 40.4 Å². The molecule has 17 heavy (non-hydrogen) atoms. The highest BCUT2D eigenvalue weighted by atomic mass is 35.5. The zero-order chi connectivity index (χ0) is 12.5. The van der Waals surface area contributed by atoms with Crippen LogP contribution in [0.25, 0.3) is 0 Å². The normalized spacial score (nSPS) is 11.3. The van der Waals surface area contributed by atoms with Gasteiger partial charge in [0, 0.05) is 25.1 Å². The van der Waals surface area contributed by atoms with E-state index in [0.717, 1.165) is 43.5 Å². The van der Waals surface area contributed by atoms with Crippen LogP contribution in [0, 0.1) is 0 Å². The number of hydrogen-bond donors (Lipinski definition) is 1. The minimum Gasteiger partial charge on any atom is -0.383 e. The molecule has 1 N–H and O–H groups in total. The van der Waals surface area contributed by atoms with Gasteiger partial charge in [-0.25, -0.2) is 0 Å². The molecule has 1 aromatic rings. The molecule has 0 aliphatic carbocycles. The lowest BCUT2D eigenvalue weighted by Gasteiger charge is -2.15. The fourth-order valence-corrected chi connectivity index (χ4v) is 2.72. The van der Waals surface area contributed by atoms with Gasteiger partial charge in [-0.3, -0.25) is 0 Å². The van der Waals surface area contributed by atoms with E-state index in [1.165, 1.54) is 4.88 Å². The summed E-state index contributed by atoms with van der Waals surface area (Å²) in [7, 11) is 3.87. The highest BCUT2D eigenvalue weighted by Gasteiger charge is 2.02. The summed E-state index contributed by atoms with van der Waals surface area (Å²) in [5.74, 6) is 0. The molecule has 0 spiro atoms. The monoisotopic (exact) mass is 276 g/mol. The molecule has 1 aromatic heterocycles. The van der Waals surface area contributed by atoms with Crippen molar-refractivity contribution in [1.82, 2.24) is 10.2 Å². The van der Waals surface area contributed by atoms with E-state index in [9.17, 15) is 0 Å². The van der Waals surface area contributed by atoms with Gasteiger partial charge in [0.1, 0.15) is 0 Å². The van der Waals surface area contributed by atoms with Crippen LogP contribution in [-0.4, -0.2) is 45.3 Å². The number of thiophene rings is 1. The van der Waals surface area contributed by atoms with Gasteiger partial charge in [0.15, 0.2) is 0 Å². The van der Waals surface area contributed by atoms with Crippen molar-refractivity contribution < 1.29 is 4.74 Å². The molecule has 0 bridgehead atoms. The number of halogens is 1. The van der Waals surface area contributed by atoms with Gasteiger partial charge in [0.25, 0.3) is 0 Å². The zero-order valence-electron chi connectivity index (χ0n) is 10.5. The lowest BCUT2D eigenvalue weighted by molar-refractivity contribution is 0.199. The van der Waals surface area contributed by atoms with Crippen molar-refractivity contribution in [3.8, 4) is 0 Å². The Bertz CT molecular complexity index is 306. The van der Waals surface area contributed by atoms with E-state index in [4.69, 9.17) is 16.3 Å². The lowest BCUT2D eigenvalue weighted by atomic mass is 10.3. The molecule has 3 nitrogen and oxygen atoms in total. The van der Waals surface area contributed by atoms with Crippen molar-refractivity contribution in [1.29, 1.82) is 0 Å². The molecule has 0 saturated heterocycles. The minimum absolute atomic E-state index is 0.781. The van der Waals surface area contributed by atoms with Crippen LogP contribution in [-0.2, 0) is 11.3 Å². The standard InChI is InChI=1S/C12H21ClN2OS/c1-15(8-3-6-14-7-9-16-2)10-11-4-5-12(13)17-11/h4-5,14H,3,6-10H2,1-2H3. The molecule has 98 valence electrons. The molecule has 0 amide bonds. The number of methoxy groups -OCH3 is 1. The first-order valence-corrected chi connectivity index (χ1v) is 7.04. The van der Waals surface area contributed by atoms with Crippen LogP contribution in [0.3, 0.4) is 0 Å². The van der Waals surface area contributed by atoms with Crippen molar-refractivity contribution in [3.63, 3.8) is 0 Å². The molecule has 0 saturated carbocycles. The van der Waals surface area contributed by atoms with E-state index in [0.29, 0.717) is 0 Å². The molecule has 5 heteroatoms. The third kappa shape index (κ3) is 7.01.